The van der Waals surface area contributed by atoms with Crippen LogP contribution in [0, 0.1) is 0 Å². The first kappa shape index (κ1) is 24.7. The van der Waals surface area contributed by atoms with Crippen LogP contribution in [0.1, 0.15) is 18.1 Å². The summed E-state index contributed by atoms with van der Waals surface area (Å²) in [5, 5.41) is 6.28. The number of nitrogens with one attached hydrogen (secondary N) is 2. The minimum atomic E-state index is -0.419. The van der Waals surface area contributed by atoms with Crippen LogP contribution in [0.4, 0.5) is 16.2 Å². The third kappa shape index (κ3) is 7.29. The lowest BCUT2D eigenvalue weighted by atomic mass is 10.1. The van der Waals surface area contributed by atoms with Crippen molar-refractivity contribution < 1.29 is 14.3 Å². The average molecular weight is 488 g/mol. The third-order valence-corrected chi connectivity index (χ3v) is 5.62. The van der Waals surface area contributed by atoms with Gasteiger partial charge < -0.3 is 25.0 Å². The highest BCUT2D eigenvalue weighted by Crippen LogP contribution is 2.35. The maximum absolute atomic E-state index is 12.4. The number of urea groups is 1. The molecule has 3 aromatic rings. The molecule has 3 aromatic carbocycles. The number of carbonyl (C=O) groups is 1. The van der Waals surface area contributed by atoms with Gasteiger partial charge in [0.25, 0.3) is 0 Å². The Kier molecular flexibility index (Phi) is 8.83. The number of halogens is 2. The van der Waals surface area contributed by atoms with E-state index in [-0.39, 0.29) is 6.10 Å². The van der Waals surface area contributed by atoms with Gasteiger partial charge in [-0.2, -0.15) is 0 Å². The van der Waals surface area contributed by atoms with Crippen molar-refractivity contribution in [2.45, 2.75) is 12.5 Å². The minimum Gasteiger partial charge on any atom is -0.493 e. The lowest BCUT2D eigenvalue weighted by molar-refractivity contribution is 0.173. The van der Waals surface area contributed by atoms with E-state index in [9.17, 15) is 4.79 Å². The van der Waals surface area contributed by atoms with E-state index in [2.05, 4.69) is 27.7 Å². The van der Waals surface area contributed by atoms with Crippen LogP contribution >= 0.6 is 23.2 Å². The van der Waals surface area contributed by atoms with Gasteiger partial charge in [-0.3, -0.25) is 0 Å². The van der Waals surface area contributed by atoms with Crippen molar-refractivity contribution in [3.05, 3.63) is 82.3 Å². The molecule has 0 aliphatic rings. The second kappa shape index (κ2) is 11.8. The van der Waals surface area contributed by atoms with E-state index >= 15 is 0 Å². The Balaban J connectivity index is 1.72. The van der Waals surface area contributed by atoms with Gasteiger partial charge in [-0.1, -0.05) is 53.5 Å². The summed E-state index contributed by atoms with van der Waals surface area (Å²) in [4.78, 5) is 14.5. The normalized spacial score (nSPS) is 11.7. The molecule has 0 radical (unpaired) electrons. The van der Waals surface area contributed by atoms with Crippen LogP contribution in [0.5, 0.6) is 11.5 Å². The molecule has 0 fully saturated rings. The predicted octanol–water partition coefficient (Wildman–Crippen LogP) is 6.72. The van der Waals surface area contributed by atoms with Crippen molar-refractivity contribution >= 4 is 40.6 Å². The number of anilines is 2. The molecule has 0 spiro atoms. The van der Waals surface area contributed by atoms with Crippen LogP contribution in [-0.2, 0) is 0 Å². The third-order valence-electron chi connectivity index (χ3n) is 4.88. The molecule has 0 saturated carbocycles. The highest BCUT2D eigenvalue weighted by Gasteiger charge is 2.17. The van der Waals surface area contributed by atoms with Gasteiger partial charge in [-0.05, 0) is 50.0 Å². The molecule has 0 aromatic heterocycles. The number of benzene rings is 3. The first-order valence-electron chi connectivity index (χ1n) is 10.4. The highest BCUT2D eigenvalue weighted by atomic mass is 35.5. The van der Waals surface area contributed by atoms with E-state index in [1.54, 1.807) is 43.5 Å². The van der Waals surface area contributed by atoms with Crippen molar-refractivity contribution in [2.24, 2.45) is 0 Å². The van der Waals surface area contributed by atoms with Gasteiger partial charge in [-0.25, -0.2) is 4.79 Å². The number of methoxy groups -OCH3 is 1. The number of hydrogen-bond acceptors (Lipinski definition) is 4. The van der Waals surface area contributed by atoms with Crippen molar-refractivity contribution in [1.29, 1.82) is 0 Å². The molecule has 2 N–H and O–H groups in total. The van der Waals surface area contributed by atoms with Gasteiger partial charge in [0.2, 0.25) is 0 Å². The Morgan fingerprint density at radius 3 is 2.21 bits per heavy atom. The number of rotatable bonds is 9. The monoisotopic (exact) mass is 487 g/mol. The van der Waals surface area contributed by atoms with Gasteiger partial charge in [0.1, 0.15) is 6.10 Å². The van der Waals surface area contributed by atoms with Crippen molar-refractivity contribution in [3.63, 3.8) is 0 Å². The lowest BCUT2D eigenvalue weighted by Crippen LogP contribution is -2.20. The van der Waals surface area contributed by atoms with Crippen LogP contribution in [0.3, 0.4) is 0 Å². The quantitative estimate of drug-likeness (QED) is 0.351. The maximum Gasteiger partial charge on any atom is 0.323 e. The molecule has 2 amide bonds. The fourth-order valence-corrected chi connectivity index (χ4v) is 3.50. The Bertz CT molecular complexity index is 1080. The number of amides is 2. The van der Waals surface area contributed by atoms with Crippen LogP contribution < -0.4 is 20.1 Å². The second-order valence-electron chi connectivity index (χ2n) is 7.68. The average Bonchev–Trinajstić information content (AvgIpc) is 2.80. The molecule has 0 heterocycles. The summed E-state index contributed by atoms with van der Waals surface area (Å²) >= 11 is 11.9. The number of carbonyl (C=O) groups excluding carboxylic acids is 1. The molecule has 0 aliphatic heterocycles. The summed E-state index contributed by atoms with van der Waals surface area (Å²) in [7, 11) is 5.64. The fourth-order valence-electron chi connectivity index (χ4n) is 3.20. The fraction of sp³-hybridized carbons (Fsp3) is 0.240. The Morgan fingerprint density at radius 2 is 1.58 bits per heavy atom. The van der Waals surface area contributed by atoms with Gasteiger partial charge in [0, 0.05) is 30.4 Å². The molecule has 0 bridgehead atoms. The molecule has 174 valence electrons. The zero-order chi connectivity index (χ0) is 23.8. The van der Waals surface area contributed by atoms with E-state index < -0.39 is 6.03 Å². The molecular weight excluding hydrogens is 461 g/mol. The molecule has 6 nitrogen and oxygen atoms in total. The minimum absolute atomic E-state index is 0.140. The largest absolute Gasteiger partial charge is 0.493 e. The number of nitrogens with zero attached hydrogens (tertiary/aromatic N) is 1. The predicted molar refractivity (Wildman–Crippen MR) is 135 cm³/mol. The summed E-state index contributed by atoms with van der Waals surface area (Å²) in [5.74, 6) is 1.12. The van der Waals surface area contributed by atoms with Crippen LogP contribution in [0.2, 0.25) is 10.0 Å². The zero-order valence-corrected chi connectivity index (χ0v) is 20.3. The SMILES string of the molecule is COc1cc(NC(=O)Nc2ccc(Cl)c(Cl)c2)ccc1OC(CCN(C)C)c1ccccc1. The first-order valence-corrected chi connectivity index (χ1v) is 11.2. The van der Waals surface area contributed by atoms with Crippen molar-refractivity contribution in [3.8, 4) is 11.5 Å². The maximum atomic E-state index is 12.4. The molecule has 8 heteroatoms. The standard InChI is InChI=1S/C25H27Cl2N3O3/c1-30(2)14-13-22(17-7-5-4-6-8-17)33-23-12-10-19(16-24(23)32-3)29-25(31)28-18-9-11-20(26)21(27)15-18/h4-12,15-16,22H,13-14H2,1-3H3,(H2,28,29,31). The molecule has 0 saturated heterocycles. The summed E-state index contributed by atoms with van der Waals surface area (Å²) < 4.78 is 11.9. The number of ether oxygens (including phenoxy) is 2. The Hall–Kier alpha value is -2.93. The Labute approximate surface area is 204 Å². The molecule has 1 unspecified atom stereocenters. The van der Waals surface area contributed by atoms with Crippen molar-refractivity contribution in [1.82, 2.24) is 4.90 Å². The molecule has 0 aliphatic carbocycles. The lowest BCUT2D eigenvalue weighted by Gasteiger charge is -2.23. The van der Waals surface area contributed by atoms with Gasteiger partial charge in [0.15, 0.2) is 11.5 Å². The van der Waals surface area contributed by atoms with Crippen LogP contribution in [-0.4, -0.2) is 38.7 Å². The van der Waals surface area contributed by atoms with E-state index in [0.717, 1.165) is 18.5 Å². The molecular formula is C25H27Cl2N3O3. The van der Waals surface area contributed by atoms with E-state index in [1.165, 1.54) is 0 Å². The first-order chi connectivity index (χ1) is 15.9. The van der Waals surface area contributed by atoms with Gasteiger partial charge >= 0.3 is 6.03 Å². The molecule has 1 atom stereocenters. The summed E-state index contributed by atoms with van der Waals surface area (Å²) in [6, 6.07) is 19.8. The zero-order valence-electron chi connectivity index (χ0n) is 18.8. The summed E-state index contributed by atoms with van der Waals surface area (Å²) in [5.41, 5.74) is 2.17. The molecule has 33 heavy (non-hydrogen) atoms. The topological polar surface area (TPSA) is 62.8 Å². The van der Waals surface area contributed by atoms with Crippen LogP contribution in [0.25, 0.3) is 0 Å². The Morgan fingerprint density at radius 1 is 0.909 bits per heavy atom. The van der Waals surface area contributed by atoms with E-state index in [0.29, 0.717) is 32.9 Å². The van der Waals surface area contributed by atoms with E-state index in [1.807, 2.05) is 32.3 Å². The van der Waals surface area contributed by atoms with Crippen molar-refractivity contribution in [2.75, 3.05) is 38.4 Å². The van der Waals surface area contributed by atoms with E-state index in [4.69, 9.17) is 32.7 Å². The van der Waals surface area contributed by atoms with Gasteiger partial charge in [-0.15, -0.1) is 0 Å². The van der Waals surface area contributed by atoms with Crippen LogP contribution in [0.15, 0.2) is 66.7 Å². The summed E-state index contributed by atoms with van der Waals surface area (Å²) in [6.07, 6.45) is 0.672. The van der Waals surface area contributed by atoms with Gasteiger partial charge in [0.05, 0.1) is 17.2 Å². The smallest absolute Gasteiger partial charge is 0.323 e. The highest BCUT2D eigenvalue weighted by molar-refractivity contribution is 6.42. The summed E-state index contributed by atoms with van der Waals surface area (Å²) in [6.45, 7) is 0.871. The number of hydrogen-bond donors (Lipinski definition) is 2. The molecule has 3 rings (SSSR count). The second-order valence-corrected chi connectivity index (χ2v) is 8.50.